The molecule has 2 rings (SSSR count). The normalized spacial score (nSPS) is 23.8. The summed E-state index contributed by atoms with van der Waals surface area (Å²) in [6.45, 7) is 6.05. The smallest absolute Gasteiger partial charge is 0.0521 e. The molecule has 1 heterocycles. The van der Waals surface area contributed by atoms with Gasteiger partial charge in [-0.15, -0.1) is 0 Å². The quantitative estimate of drug-likeness (QED) is 0.879. The predicted molar refractivity (Wildman–Crippen MR) is 79.3 cm³/mol. The van der Waals surface area contributed by atoms with E-state index in [0.717, 1.165) is 32.7 Å². The number of hydrogen-bond acceptors (Lipinski definition) is 3. The molecule has 0 saturated carbocycles. The average Bonchev–Trinajstić information content (AvgIpc) is 2.42. The topological polar surface area (TPSA) is 24.5 Å². The molecule has 0 aromatic heterocycles. The van der Waals surface area contributed by atoms with Gasteiger partial charge in [0.15, 0.2) is 0 Å². The van der Waals surface area contributed by atoms with Gasteiger partial charge in [-0.05, 0) is 38.6 Å². The third-order valence-corrected chi connectivity index (χ3v) is 4.09. The SMILES string of the molecule is CNC1CCOCC1CN(C)Cc1ccccc1C. The highest BCUT2D eigenvalue weighted by Crippen LogP contribution is 2.17. The molecule has 0 aliphatic carbocycles. The molecule has 0 spiro atoms. The second-order valence-corrected chi connectivity index (χ2v) is 5.64. The van der Waals surface area contributed by atoms with Crippen molar-refractivity contribution < 1.29 is 4.74 Å². The fourth-order valence-electron chi connectivity index (χ4n) is 2.90. The Labute approximate surface area is 116 Å². The summed E-state index contributed by atoms with van der Waals surface area (Å²) in [7, 11) is 4.26. The average molecular weight is 262 g/mol. The molecule has 19 heavy (non-hydrogen) atoms. The number of benzene rings is 1. The number of nitrogens with zero attached hydrogens (tertiary/aromatic N) is 1. The van der Waals surface area contributed by atoms with Gasteiger partial charge in [0.05, 0.1) is 6.61 Å². The van der Waals surface area contributed by atoms with E-state index < -0.39 is 0 Å². The summed E-state index contributed by atoms with van der Waals surface area (Å²) < 4.78 is 5.62. The van der Waals surface area contributed by atoms with E-state index in [1.807, 2.05) is 0 Å². The Hall–Kier alpha value is -0.900. The lowest BCUT2D eigenvalue weighted by Gasteiger charge is -2.34. The second kappa shape index (κ2) is 7.04. The van der Waals surface area contributed by atoms with Crippen LogP contribution in [0.2, 0.25) is 0 Å². The van der Waals surface area contributed by atoms with E-state index in [2.05, 4.69) is 55.5 Å². The Morgan fingerprint density at radius 2 is 2.16 bits per heavy atom. The van der Waals surface area contributed by atoms with Gasteiger partial charge in [-0.25, -0.2) is 0 Å². The van der Waals surface area contributed by atoms with Crippen molar-refractivity contribution in [2.45, 2.75) is 25.9 Å². The van der Waals surface area contributed by atoms with Gasteiger partial charge in [0.1, 0.15) is 0 Å². The van der Waals surface area contributed by atoms with Crippen molar-refractivity contribution >= 4 is 0 Å². The molecule has 0 bridgehead atoms. The maximum absolute atomic E-state index is 5.62. The molecular weight excluding hydrogens is 236 g/mol. The van der Waals surface area contributed by atoms with Crippen LogP contribution < -0.4 is 5.32 Å². The van der Waals surface area contributed by atoms with Crippen LogP contribution in [0.25, 0.3) is 0 Å². The van der Waals surface area contributed by atoms with Gasteiger partial charge in [0.25, 0.3) is 0 Å². The molecular formula is C16H26N2O. The monoisotopic (exact) mass is 262 g/mol. The summed E-state index contributed by atoms with van der Waals surface area (Å²) in [6, 6.07) is 9.22. The molecule has 1 N–H and O–H groups in total. The lowest BCUT2D eigenvalue weighted by molar-refractivity contribution is 0.0208. The van der Waals surface area contributed by atoms with Crippen LogP contribution >= 0.6 is 0 Å². The standard InChI is InChI=1S/C16H26N2O/c1-13-6-4-5-7-14(13)10-18(3)11-15-12-19-9-8-16(15)17-2/h4-7,15-17H,8-12H2,1-3H3. The van der Waals surface area contributed by atoms with Crippen LogP contribution in [-0.4, -0.2) is 44.8 Å². The lowest BCUT2D eigenvalue weighted by atomic mass is 9.95. The minimum atomic E-state index is 0.591. The molecule has 2 atom stereocenters. The van der Waals surface area contributed by atoms with Gasteiger partial charge < -0.3 is 15.0 Å². The molecule has 0 amide bonds. The van der Waals surface area contributed by atoms with E-state index in [1.54, 1.807) is 0 Å². The Morgan fingerprint density at radius 1 is 1.37 bits per heavy atom. The first kappa shape index (κ1) is 14.5. The molecule has 1 aliphatic heterocycles. The Morgan fingerprint density at radius 3 is 2.89 bits per heavy atom. The summed E-state index contributed by atoms with van der Waals surface area (Å²) in [5.74, 6) is 0.591. The maximum atomic E-state index is 5.62. The van der Waals surface area contributed by atoms with Gasteiger partial charge >= 0.3 is 0 Å². The van der Waals surface area contributed by atoms with Crippen molar-refractivity contribution in [2.24, 2.45) is 5.92 Å². The highest BCUT2D eigenvalue weighted by atomic mass is 16.5. The zero-order valence-corrected chi connectivity index (χ0v) is 12.4. The molecule has 0 radical (unpaired) electrons. The second-order valence-electron chi connectivity index (χ2n) is 5.64. The van der Waals surface area contributed by atoms with Gasteiger partial charge in [0, 0.05) is 31.7 Å². The fraction of sp³-hybridized carbons (Fsp3) is 0.625. The summed E-state index contributed by atoms with van der Waals surface area (Å²) in [5, 5.41) is 3.43. The minimum absolute atomic E-state index is 0.591. The van der Waals surface area contributed by atoms with Crippen LogP contribution in [0.5, 0.6) is 0 Å². The number of nitrogens with one attached hydrogen (secondary N) is 1. The first-order valence-electron chi connectivity index (χ1n) is 7.18. The van der Waals surface area contributed by atoms with Crippen molar-refractivity contribution in [1.29, 1.82) is 0 Å². The predicted octanol–water partition coefficient (Wildman–Crippen LogP) is 2.05. The first-order chi connectivity index (χ1) is 9.20. The number of ether oxygens (including phenoxy) is 1. The Balaban J connectivity index is 1.90. The van der Waals surface area contributed by atoms with E-state index in [4.69, 9.17) is 4.74 Å². The number of hydrogen-bond donors (Lipinski definition) is 1. The van der Waals surface area contributed by atoms with Crippen LogP contribution in [0, 0.1) is 12.8 Å². The van der Waals surface area contributed by atoms with Gasteiger partial charge in [-0.3, -0.25) is 0 Å². The highest BCUT2D eigenvalue weighted by molar-refractivity contribution is 5.25. The first-order valence-corrected chi connectivity index (χ1v) is 7.18. The lowest BCUT2D eigenvalue weighted by Crippen LogP contribution is -2.45. The Bertz CT molecular complexity index is 394. The summed E-state index contributed by atoms with van der Waals surface area (Å²) in [4.78, 5) is 2.41. The number of aryl methyl sites for hydroxylation is 1. The highest BCUT2D eigenvalue weighted by Gasteiger charge is 2.25. The molecule has 1 fully saturated rings. The minimum Gasteiger partial charge on any atom is -0.381 e. The third-order valence-electron chi connectivity index (χ3n) is 4.09. The van der Waals surface area contributed by atoms with Crippen molar-refractivity contribution in [3.63, 3.8) is 0 Å². The summed E-state index contributed by atoms with van der Waals surface area (Å²) >= 11 is 0. The zero-order valence-electron chi connectivity index (χ0n) is 12.4. The Kier molecular flexibility index (Phi) is 5.37. The van der Waals surface area contributed by atoms with Gasteiger partial charge in [-0.2, -0.15) is 0 Å². The third kappa shape index (κ3) is 4.03. The maximum Gasteiger partial charge on any atom is 0.0521 e. The summed E-state index contributed by atoms with van der Waals surface area (Å²) in [6.07, 6.45) is 1.12. The summed E-state index contributed by atoms with van der Waals surface area (Å²) in [5.41, 5.74) is 2.79. The van der Waals surface area contributed by atoms with Crippen molar-refractivity contribution in [3.05, 3.63) is 35.4 Å². The zero-order chi connectivity index (χ0) is 13.7. The van der Waals surface area contributed by atoms with E-state index in [1.165, 1.54) is 11.1 Å². The van der Waals surface area contributed by atoms with Crippen LogP contribution in [0.4, 0.5) is 0 Å². The molecule has 2 unspecified atom stereocenters. The van der Waals surface area contributed by atoms with Crippen LogP contribution in [0.3, 0.4) is 0 Å². The number of rotatable bonds is 5. The molecule has 1 aromatic rings. The van der Waals surface area contributed by atoms with Gasteiger partial charge in [-0.1, -0.05) is 24.3 Å². The van der Waals surface area contributed by atoms with Crippen molar-refractivity contribution in [1.82, 2.24) is 10.2 Å². The fourth-order valence-corrected chi connectivity index (χ4v) is 2.90. The van der Waals surface area contributed by atoms with Gasteiger partial charge in [0.2, 0.25) is 0 Å². The van der Waals surface area contributed by atoms with E-state index in [9.17, 15) is 0 Å². The molecule has 3 heteroatoms. The van der Waals surface area contributed by atoms with Crippen LogP contribution in [0.1, 0.15) is 17.5 Å². The van der Waals surface area contributed by atoms with E-state index >= 15 is 0 Å². The van der Waals surface area contributed by atoms with E-state index in [-0.39, 0.29) is 0 Å². The van der Waals surface area contributed by atoms with Crippen LogP contribution in [-0.2, 0) is 11.3 Å². The van der Waals surface area contributed by atoms with Crippen LogP contribution in [0.15, 0.2) is 24.3 Å². The molecule has 1 saturated heterocycles. The molecule has 1 aromatic carbocycles. The van der Waals surface area contributed by atoms with Crippen molar-refractivity contribution in [3.8, 4) is 0 Å². The molecule has 106 valence electrons. The van der Waals surface area contributed by atoms with E-state index in [0.29, 0.717) is 12.0 Å². The van der Waals surface area contributed by atoms with Crippen molar-refractivity contribution in [2.75, 3.05) is 33.9 Å². The molecule has 1 aliphatic rings. The largest absolute Gasteiger partial charge is 0.381 e. The molecule has 3 nitrogen and oxygen atoms in total.